The third-order valence-corrected chi connectivity index (χ3v) is 17.9. The van der Waals surface area contributed by atoms with Gasteiger partial charge in [0.05, 0.1) is 16.1 Å². The van der Waals surface area contributed by atoms with Gasteiger partial charge < -0.3 is 0 Å². The predicted molar refractivity (Wildman–Crippen MR) is 142 cm³/mol. The monoisotopic (exact) mass is 530 g/mol. The molecule has 0 aliphatic carbocycles. The largest absolute Gasteiger partial charge is 0.144 e. The molecule has 0 nitrogen and oxygen atoms in total. The van der Waals surface area contributed by atoms with Crippen molar-refractivity contribution >= 4 is 131 Å². The summed E-state index contributed by atoms with van der Waals surface area (Å²) < 4.78 is 5.86. The van der Waals surface area contributed by atoms with Crippen LogP contribution in [-0.4, -0.2) is 16.1 Å². The van der Waals surface area contributed by atoms with Crippen LogP contribution >= 0.6 is 85.6 Å². The van der Waals surface area contributed by atoms with Crippen LogP contribution in [0.3, 0.4) is 0 Å². The topological polar surface area (TPSA) is 0 Å². The van der Waals surface area contributed by atoms with Gasteiger partial charge >= 0.3 is 0 Å². The first-order chi connectivity index (χ1) is 12.1. The van der Waals surface area contributed by atoms with E-state index in [1.165, 1.54) is 50.0 Å². The molecular formula is C16H20Cl2S6Si2. The lowest BCUT2D eigenvalue weighted by molar-refractivity contribution is 1.66. The average molecular weight is 532 g/mol. The Hall–Kier alpha value is 1.55. The van der Waals surface area contributed by atoms with E-state index in [0.29, 0.717) is 0 Å². The van der Waals surface area contributed by atoms with Gasteiger partial charge in [-0.2, -0.15) is 0 Å². The molecule has 0 saturated carbocycles. The van der Waals surface area contributed by atoms with Crippen LogP contribution in [0.5, 0.6) is 0 Å². The van der Waals surface area contributed by atoms with Crippen molar-refractivity contribution in [3.63, 3.8) is 0 Å². The Balaban J connectivity index is 2.34. The molecule has 2 heterocycles. The van der Waals surface area contributed by atoms with E-state index in [4.69, 9.17) is 21.4 Å². The van der Waals surface area contributed by atoms with Crippen molar-refractivity contribution in [3.05, 3.63) is 12.1 Å². The van der Waals surface area contributed by atoms with Crippen LogP contribution in [-0.2, 0) is 0 Å². The Labute approximate surface area is 190 Å². The molecule has 0 radical (unpaired) electrons. The van der Waals surface area contributed by atoms with Gasteiger partial charge in [-0.1, -0.05) is 39.3 Å². The summed E-state index contributed by atoms with van der Waals surface area (Å²) in [5.41, 5.74) is 0. The van der Waals surface area contributed by atoms with E-state index < -0.39 is 16.1 Å². The highest BCUT2D eigenvalue weighted by molar-refractivity contribution is 8.85. The smallest absolute Gasteiger partial charge is 0.0919 e. The number of thiophene rings is 2. The van der Waals surface area contributed by atoms with E-state index >= 15 is 0 Å². The molecule has 3 aromatic rings. The van der Waals surface area contributed by atoms with E-state index in [-0.39, 0.29) is 0 Å². The lowest BCUT2D eigenvalue weighted by Gasteiger charge is -2.15. The number of hydrogen-bond acceptors (Lipinski definition) is 6. The van der Waals surface area contributed by atoms with Gasteiger partial charge in [-0.25, -0.2) is 0 Å². The minimum atomic E-state index is -1.42. The molecule has 3 rings (SSSR count). The average Bonchev–Trinajstić information content (AvgIpc) is 3.05. The molecule has 0 aliphatic heterocycles. The van der Waals surface area contributed by atoms with Gasteiger partial charge in [-0.05, 0) is 55.1 Å². The molecule has 0 aliphatic rings. The van der Waals surface area contributed by atoms with E-state index in [1.807, 2.05) is 22.7 Å². The van der Waals surface area contributed by atoms with Crippen LogP contribution in [0.2, 0.25) is 39.3 Å². The molecule has 1 aromatic carbocycles. The second kappa shape index (κ2) is 8.36. The zero-order chi connectivity index (χ0) is 19.3. The van der Waals surface area contributed by atoms with Gasteiger partial charge in [0.25, 0.3) is 0 Å². The first-order valence-electron chi connectivity index (χ1n) is 8.02. The predicted octanol–water partition coefficient (Wildman–Crippen LogP) is 8.99. The fourth-order valence-electron chi connectivity index (χ4n) is 2.86. The van der Waals surface area contributed by atoms with E-state index in [2.05, 4.69) is 51.4 Å². The van der Waals surface area contributed by atoms with Crippen LogP contribution in [0.15, 0.2) is 21.9 Å². The summed E-state index contributed by atoms with van der Waals surface area (Å²) in [5, 5.41) is 2.74. The minimum absolute atomic E-state index is 1.33. The fourth-order valence-corrected chi connectivity index (χ4v) is 16.2. The molecule has 0 spiro atoms. The van der Waals surface area contributed by atoms with Gasteiger partial charge in [-0.15, -0.1) is 22.7 Å². The number of benzene rings is 1. The van der Waals surface area contributed by atoms with Crippen molar-refractivity contribution in [1.29, 1.82) is 0 Å². The number of halogens is 2. The lowest BCUT2D eigenvalue weighted by atomic mass is 10.2. The highest BCUT2D eigenvalue weighted by atomic mass is 35.7. The quantitative estimate of drug-likeness (QED) is 0.230. The zero-order valence-electron chi connectivity index (χ0n) is 15.4. The summed E-state index contributed by atoms with van der Waals surface area (Å²) in [6, 6.07) is 4.80. The minimum Gasteiger partial charge on any atom is -0.144 e. The third-order valence-electron chi connectivity index (χ3n) is 4.00. The Morgan fingerprint density at radius 2 is 1.04 bits per heavy atom. The van der Waals surface area contributed by atoms with E-state index in [1.54, 1.807) is 30.6 Å². The van der Waals surface area contributed by atoms with Crippen LogP contribution in [0.1, 0.15) is 0 Å². The second-order valence-electron chi connectivity index (χ2n) is 8.16. The van der Waals surface area contributed by atoms with E-state index in [9.17, 15) is 0 Å². The summed E-state index contributed by atoms with van der Waals surface area (Å²) in [6.45, 7) is 14.5. The van der Waals surface area contributed by atoms with Crippen molar-refractivity contribution in [2.75, 3.05) is 0 Å². The van der Waals surface area contributed by atoms with Gasteiger partial charge in [0.2, 0.25) is 0 Å². The molecule has 0 atom stereocenters. The number of rotatable bonds is 6. The van der Waals surface area contributed by atoms with Gasteiger partial charge in [0.15, 0.2) is 0 Å². The number of hydrogen-bond donors (Lipinski definition) is 0. The Morgan fingerprint density at radius 3 is 1.31 bits per heavy atom. The molecule has 0 fully saturated rings. The highest BCUT2D eigenvalue weighted by Crippen LogP contribution is 2.46. The van der Waals surface area contributed by atoms with Crippen molar-refractivity contribution in [2.24, 2.45) is 0 Å². The first kappa shape index (κ1) is 22.2. The molecule has 142 valence electrons. The molecule has 0 bridgehead atoms. The Bertz CT molecular complexity index is 874. The SMILES string of the molecule is C[Si](C)(C)c1sc2cc3c(SSCl)c([Si](C)(C)C)sc3cc2c1SSCl. The molecule has 0 saturated heterocycles. The molecule has 2 aromatic heterocycles. The molecule has 10 heteroatoms. The zero-order valence-corrected chi connectivity index (χ0v) is 23.8. The maximum absolute atomic E-state index is 6.05. The first-order valence-corrected chi connectivity index (χ1v) is 22.6. The van der Waals surface area contributed by atoms with E-state index in [0.717, 1.165) is 0 Å². The Morgan fingerprint density at radius 1 is 0.692 bits per heavy atom. The fraction of sp³-hybridized carbons (Fsp3) is 0.375. The van der Waals surface area contributed by atoms with Gasteiger partial charge in [0.1, 0.15) is 0 Å². The van der Waals surface area contributed by atoms with Crippen LogP contribution in [0.4, 0.5) is 0 Å². The summed E-state index contributed by atoms with van der Waals surface area (Å²) in [4.78, 5) is 2.77. The van der Waals surface area contributed by atoms with Gasteiger partial charge in [-0.3, -0.25) is 0 Å². The van der Waals surface area contributed by atoms with Crippen molar-refractivity contribution < 1.29 is 0 Å². The molecule has 0 unspecified atom stereocenters. The summed E-state index contributed by atoms with van der Waals surface area (Å²) in [5.74, 6) is 0. The summed E-state index contributed by atoms with van der Waals surface area (Å²) in [7, 11) is 15.4. The molecule has 26 heavy (non-hydrogen) atoms. The maximum atomic E-state index is 6.05. The van der Waals surface area contributed by atoms with Crippen LogP contribution in [0, 0.1) is 0 Å². The Kier molecular flexibility index (Phi) is 7.15. The van der Waals surface area contributed by atoms with Crippen molar-refractivity contribution in [2.45, 2.75) is 49.1 Å². The summed E-state index contributed by atoms with van der Waals surface area (Å²) in [6.07, 6.45) is 0. The van der Waals surface area contributed by atoms with Crippen LogP contribution in [0.25, 0.3) is 20.2 Å². The van der Waals surface area contributed by atoms with Crippen molar-refractivity contribution in [1.82, 2.24) is 0 Å². The molecular weight excluding hydrogens is 512 g/mol. The maximum Gasteiger partial charge on any atom is 0.0919 e. The van der Waals surface area contributed by atoms with Crippen LogP contribution < -0.4 is 9.00 Å². The third kappa shape index (κ3) is 4.34. The number of fused-ring (bicyclic) bond motifs is 2. The molecule has 0 amide bonds. The molecule has 0 N–H and O–H groups in total. The van der Waals surface area contributed by atoms with Gasteiger partial charge in [0, 0.05) is 59.0 Å². The normalized spacial score (nSPS) is 13.2. The highest BCUT2D eigenvalue weighted by Gasteiger charge is 2.29. The summed E-state index contributed by atoms with van der Waals surface area (Å²) >= 11 is 3.93. The second-order valence-corrected chi connectivity index (χ2v) is 26.4. The standard InChI is InChI=1S/C16H20Cl2S6Si2/c1-25(2,3)15-13(21-23-17)9-7-12-10(8-11(9)19-15)14(22-24-18)16(20-12)26(4,5)6/h7-8H,1-6H3. The van der Waals surface area contributed by atoms with Crippen molar-refractivity contribution in [3.8, 4) is 0 Å². The lowest BCUT2D eigenvalue weighted by Crippen LogP contribution is -2.36.